The lowest BCUT2D eigenvalue weighted by atomic mass is 10.4. The van der Waals surface area contributed by atoms with Crippen molar-refractivity contribution in [2.45, 2.75) is 19.8 Å². The Balaban J connectivity index is 2.95. The Bertz CT molecular complexity index is 129. The Morgan fingerprint density at radius 2 is 2.15 bits per heavy atom. The molecule has 0 aromatic carbocycles. The third kappa shape index (κ3) is 9.30. The molecule has 0 saturated heterocycles. The first kappa shape index (κ1) is 12.4. The normalized spacial score (nSPS) is 10.0. The van der Waals surface area contributed by atoms with E-state index in [0.717, 1.165) is 32.6 Å². The van der Waals surface area contributed by atoms with Crippen LogP contribution in [0.15, 0.2) is 0 Å². The zero-order valence-electron chi connectivity index (χ0n) is 8.56. The van der Waals surface area contributed by atoms with E-state index >= 15 is 0 Å². The first-order valence-electron chi connectivity index (χ1n) is 4.80. The Morgan fingerprint density at radius 3 is 2.77 bits per heavy atom. The number of carbonyl (C=O) groups is 1. The largest absolute Gasteiger partial charge is 0.381 e. The Kier molecular flexibility index (Phi) is 9.03. The van der Waals surface area contributed by atoms with Crippen molar-refractivity contribution in [3.63, 3.8) is 0 Å². The van der Waals surface area contributed by atoms with E-state index in [1.807, 2.05) is 0 Å². The lowest BCUT2D eigenvalue weighted by Crippen LogP contribution is -2.32. The minimum atomic E-state index is 0.0227. The molecule has 0 aliphatic rings. The Labute approximate surface area is 80.0 Å². The molecule has 0 aliphatic heterocycles. The van der Waals surface area contributed by atoms with Crippen LogP contribution >= 0.6 is 0 Å². The molecule has 4 nitrogen and oxygen atoms in total. The van der Waals surface area contributed by atoms with Crippen LogP contribution in [0.5, 0.6) is 0 Å². The van der Waals surface area contributed by atoms with E-state index < -0.39 is 0 Å². The summed E-state index contributed by atoms with van der Waals surface area (Å²) in [6.07, 6.45) is 2.02. The molecule has 0 aromatic heterocycles. The molecule has 4 heteroatoms. The summed E-state index contributed by atoms with van der Waals surface area (Å²) in [5.74, 6) is 0.0227. The lowest BCUT2D eigenvalue weighted by molar-refractivity contribution is -0.119. The summed E-state index contributed by atoms with van der Waals surface area (Å²) in [4.78, 5) is 10.7. The van der Waals surface area contributed by atoms with Gasteiger partial charge in [0, 0.05) is 20.3 Å². The molecule has 78 valence electrons. The minimum Gasteiger partial charge on any atom is -0.381 e. The predicted octanol–water partition coefficient (Wildman–Crippen LogP) is 0.139. The van der Waals surface area contributed by atoms with Crippen molar-refractivity contribution in [3.8, 4) is 0 Å². The number of carbonyl (C=O) groups excluding carboxylic acids is 1. The van der Waals surface area contributed by atoms with Crippen molar-refractivity contribution in [1.82, 2.24) is 10.6 Å². The van der Waals surface area contributed by atoms with Crippen LogP contribution in [0.2, 0.25) is 0 Å². The van der Waals surface area contributed by atoms with Crippen LogP contribution < -0.4 is 10.6 Å². The number of rotatable bonds is 8. The first-order valence-corrected chi connectivity index (χ1v) is 4.80. The number of likely N-dealkylation sites (N-methyl/N-ethyl adjacent to an activating group) is 1. The highest BCUT2D eigenvalue weighted by Gasteiger charge is 1.94. The standard InChI is InChI=1S/C9H20N2O2/c1-3-6-13-7-4-5-11-8-9(12)10-2/h11H,3-8H2,1-2H3,(H,10,12). The van der Waals surface area contributed by atoms with E-state index in [2.05, 4.69) is 17.6 Å². The maximum Gasteiger partial charge on any atom is 0.233 e. The average Bonchev–Trinajstić information content (AvgIpc) is 2.16. The predicted molar refractivity (Wildman–Crippen MR) is 52.7 cm³/mol. The summed E-state index contributed by atoms with van der Waals surface area (Å²) >= 11 is 0. The van der Waals surface area contributed by atoms with Gasteiger partial charge in [0.25, 0.3) is 0 Å². The minimum absolute atomic E-state index is 0.0227. The third-order valence-corrected chi connectivity index (χ3v) is 1.56. The van der Waals surface area contributed by atoms with Crippen molar-refractivity contribution in [3.05, 3.63) is 0 Å². The molecule has 1 amide bonds. The van der Waals surface area contributed by atoms with Gasteiger partial charge in [-0.2, -0.15) is 0 Å². The molecule has 0 aromatic rings. The molecule has 0 spiro atoms. The van der Waals surface area contributed by atoms with Gasteiger partial charge in [-0.15, -0.1) is 0 Å². The molecule has 0 saturated carbocycles. The van der Waals surface area contributed by atoms with Gasteiger partial charge in [-0.05, 0) is 19.4 Å². The van der Waals surface area contributed by atoms with E-state index in [1.54, 1.807) is 7.05 Å². The van der Waals surface area contributed by atoms with E-state index in [1.165, 1.54) is 0 Å². The highest BCUT2D eigenvalue weighted by molar-refractivity contribution is 5.77. The molecule has 2 N–H and O–H groups in total. The molecule has 0 unspecified atom stereocenters. The monoisotopic (exact) mass is 188 g/mol. The quantitative estimate of drug-likeness (QED) is 0.533. The number of ether oxygens (including phenoxy) is 1. The van der Waals surface area contributed by atoms with Gasteiger partial charge in [0.05, 0.1) is 6.54 Å². The maximum absolute atomic E-state index is 10.7. The van der Waals surface area contributed by atoms with Crippen LogP contribution in [-0.4, -0.2) is 39.3 Å². The summed E-state index contributed by atoms with van der Waals surface area (Å²) in [6, 6.07) is 0. The number of nitrogens with one attached hydrogen (secondary N) is 2. The number of hydrogen-bond donors (Lipinski definition) is 2. The molecule has 0 atom stereocenters. The van der Waals surface area contributed by atoms with Crippen LogP contribution in [0, 0.1) is 0 Å². The lowest BCUT2D eigenvalue weighted by Gasteiger charge is -2.04. The Morgan fingerprint density at radius 1 is 1.38 bits per heavy atom. The molecule has 0 rings (SSSR count). The summed E-state index contributed by atoms with van der Waals surface area (Å²) in [5.41, 5.74) is 0. The zero-order valence-corrected chi connectivity index (χ0v) is 8.56. The highest BCUT2D eigenvalue weighted by Crippen LogP contribution is 1.83. The van der Waals surface area contributed by atoms with Crippen LogP contribution in [0.1, 0.15) is 19.8 Å². The van der Waals surface area contributed by atoms with Gasteiger partial charge in [-0.3, -0.25) is 4.79 Å². The third-order valence-electron chi connectivity index (χ3n) is 1.56. The van der Waals surface area contributed by atoms with E-state index in [-0.39, 0.29) is 5.91 Å². The molecule has 0 radical (unpaired) electrons. The van der Waals surface area contributed by atoms with Crippen LogP contribution in [0.4, 0.5) is 0 Å². The van der Waals surface area contributed by atoms with Crippen LogP contribution in [0.25, 0.3) is 0 Å². The fourth-order valence-electron chi connectivity index (χ4n) is 0.836. The van der Waals surface area contributed by atoms with Crippen LogP contribution in [0.3, 0.4) is 0 Å². The number of hydrogen-bond acceptors (Lipinski definition) is 3. The van der Waals surface area contributed by atoms with Crippen molar-refractivity contribution >= 4 is 5.91 Å². The molecule has 0 heterocycles. The van der Waals surface area contributed by atoms with E-state index in [9.17, 15) is 4.79 Å². The topological polar surface area (TPSA) is 50.4 Å². The van der Waals surface area contributed by atoms with Gasteiger partial charge in [-0.1, -0.05) is 6.92 Å². The number of amides is 1. The average molecular weight is 188 g/mol. The molecular weight excluding hydrogens is 168 g/mol. The fraction of sp³-hybridized carbons (Fsp3) is 0.889. The molecule has 0 bridgehead atoms. The van der Waals surface area contributed by atoms with Crippen molar-refractivity contribution in [2.24, 2.45) is 0 Å². The first-order chi connectivity index (χ1) is 6.31. The summed E-state index contributed by atoms with van der Waals surface area (Å²) in [5, 5.41) is 5.56. The second-order valence-electron chi connectivity index (χ2n) is 2.82. The smallest absolute Gasteiger partial charge is 0.233 e. The second kappa shape index (κ2) is 9.48. The fourth-order valence-corrected chi connectivity index (χ4v) is 0.836. The zero-order chi connectivity index (χ0) is 9.94. The second-order valence-corrected chi connectivity index (χ2v) is 2.82. The maximum atomic E-state index is 10.7. The van der Waals surface area contributed by atoms with E-state index in [0.29, 0.717) is 6.54 Å². The van der Waals surface area contributed by atoms with Crippen molar-refractivity contribution in [1.29, 1.82) is 0 Å². The summed E-state index contributed by atoms with van der Waals surface area (Å²) in [7, 11) is 1.63. The SMILES string of the molecule is CCCOCCCNCC(=O)NC. The molecule has 0 aliphatic carbocycles. The van der Waals surface area contributed by atoms with Gasteiger partial charge < -0.3 is 15.4 Å². The molecule has 0 fully saturated rings. The van der Waals surface area contributed by atoms with Gasteiger partial charge >= 0.3 is 0 Å². The van der Waals surface area contributed by atoms with Gasteiger partial charge in [0.15, 0.2) is 0 Å². The summed E-state index contributed by atoms with van der Waals surface area (Å²) in [6.45, 7) is 4.91. The highest BCUT2D eigenvalue weighted by atomic mass is 16.5. The van der Waals surface area contributed by atoms with Gasteiger partial charge in [0.1, 0.15) is 0 Å². The summed E-state index contributed by atoms with van der Waals surface area (Å²) < 4.78 is 5.28. The van der Waals surface area contributed by atoms with Crippen molar-refractivity contribution in [2.75, 3.05) is 33.4 Å². The van der Waals surface area contributed by atoms with Crippen LogP contribution in [-0.2, 0) is 9.53 Å². The van der Waals surface area contributed by atoms with Gasteiger partial charge in [-0.25, -0.2) is 0 Å². The van der Waals surface area contributed by atoms with Crippen molar-refractivity contribution < 1.29 is 9.53 Å². The van der Waals surface area contributed by atoms with E-state index in [4.69, 9.17) is 4.74 Å². The molecular formula is C9H20N2O2. The van der Waals surface area contributed by atoms with Gasteiger partial charge in [0.2, 0.25) is 5.91 Å². The molecule has 13 heavy (non-hydrogen) atoms. The Hall–Kier alpha value is -0.610.